The maximum atomic E-state index is 12.4. The zero-order chi connectivity index (χ0) is 14.6. The highest BCUT2D eigenvalue weighted by Gasteiger charge is 2.30. The Hall–Kier alpha value is -2.08. The van der Waals surface area contributed by atoms with Gasteiger partial charge in [-0.25, -0.2) is 0 Å². The van der Waals surface area contributed by atoms with Gasteiger partial charge in [0.05, 0.1) is 11.8 Å². The van der Waals surface area contributed by atoms with Crippen LogP contribution in [-0.4, -0.2) is 16.7 Å². The zero-order valence-corrected chi connectivity index (χ0v) is 10.3. The monoisotopic (exact) mass is 283 g/mol. The molecule has 0 spiro atoms. The van der Waals surface area contributed by atoms with E-state index < -0.39 is 17.8 Å². The molecule has 0 saturated heterocycles. The van der Waals surface area contributed by atoms with Crippen molar-refractivity contribution in [2.45, 2.75) is 12.3 Å². The first-order valence-corrected chi connectivity index (χ1v) is 5.85. The third-order valence-electron chi connectivity index (χ3n) is 2.67. The molecule has 1 unspecified atom stereocenters. The number of alkyl halides is 3. The number of halogens is 3. The minimum Gasteiger partial charge on any atom is -0.489 e. The van der Waals surface area contributed by atoms with E-state index in [1.54, 1.807) is 18.3 Å². The Balaban J connectivity index is 1.97. The molecule has 1 aromatic heterocycles. The van der Waals surface area contributed by atoms with Gasteiger partial charge >= 0.3 is 6.18 Å². The molecule has 0 amide bonds. The van der Waals surface area contributed by atoms with Gasteiger partial charge in [0.1, 0.15) is 18.5 Å². The molecule has 0 radical (unpaired) electrons. The highest BCUT2D eigenvalue weighted by Crippen LogP contribution is 2.30. The summed E-state index contributed by atoms with van der Waals surface area (Å²) in [6.07, 6.45) is -2.31. The molecular formula is C14H12F3NO2. The van der Waals surface area contributed by atoms with Crippen LogP contribution in [0.2, 0.25) is 0 Å². The van der Waals surface area contributed by atoms with Crippen LogP contribution in [0.25, 0.3) is 0 Å². The fourth-order valence-corrected chi connectivity index (χ4v) is 1.60. The van der Waals surface area contributed by atoms with Crippen molar-refractivity contribution in [3.63, 3.8) is 0 Å². The van der Waals surface area contributed by atoms with Crippen LogP contribution in [0.15, 0.2) is 48.8 Å². The predicted octanol–water partition coefficient (Wildman–Crippen LogP) is 3.21. The predicted molar refractivity (Wildman–Crippen MR) is 66.1 cm³/mol. The Bertz CT molecular complexity index is 541. The summed E-state index contributed by atoms with van der Waals surface area (Å²) >= 11 is 0. The van der Waals surface area contributed by atoms with Gasteiger partial charge in [-0.05, 0) is 29.8 Å². The normalized spacial score (nSPS) is 13.0. The number of aliphatic hydroxyl groups is 1. The lowest BCUT2D eigenvalue weighted by Crippen LogP contribution is -2.11. The molecule has 0 aliphatic rings. The van der Waals surface area contributed by atoms with E-state index in [4.69, 9.17) is 4.74 Å². The number of aromatic nitrogens is 1. The fourth-order valence-electron chi connectivity index (χ4n) is 1.60. The number of aliphatic hydroxyl groups excluding tert-OH is 1. The summed E-state index contributed by atoms with van der Waals surface area (Å²) in [5.41, 5.74) is -0.386. The van der Waals surface area contributed by atoms with Crippen molar-refractivity contribution in [3.05, 3.63) is 59.9 Å². The molecule has 0 fully saturated rings. The lowest BCUT2D eigenvalue weighted by atomic mass is 10.1. The summed E-state index contributed by atoms with van der Waals surface area (Å²) in [5.74, 6) is 0.485. The molecule has 0 aliphatic carbocycles. The number of hydrogen-bond acceptors (Lipinski definition) is 3. The second-order valence-corrected chi connectivity index (χ2v) is 4.14. The van der Waals surface area contributed by atoms with Crippen LogP contribution in [0.4, 0.5) is 13.2 Å². The first-order valence-electron chi connectivity index (χ1n) is 5.85. The molecule has 1 atom stereocenters. The summed E-state index contributed by atoms with van der Waals surface area (Å²) in [5, 5.41) is 9.85. The number of nitrogens with zero attached hydrogens (tertiary/aromatic N) is 1. The van der Waals surface area contributed by atoms with E-state index in [1.165, 1.54) is 18.3 Å². The third-order valence-corrected chi connectivity index (χ3v) is 2.67. The van der Waals surface area contributed by atoms with E-state index in [9.17, 15) is 18.3 Å². The van der Waals surface area contributed by atoms with Crippen LogP contribution in [-0.2, 0) is 6.18 Å². The maximum Gasteiger partial charge on any atom is 0.416 e. The first-order chi connectivity index (χ1) is 9.47. The molecule has 0 saturated carbocycles. The van der Waals surface area contributed by atoms with E-state index in [0.717, 1.165) is 12.1 Å². The minimum absolute atomic E-state index is 0.0585. The maximum absolute atomic E-state index is 12.4. The Morgan fingerprint density at radius 2 is 1.85 bits per heavy atom. The van der Waals surface area contributed by atoms with Gasteiger partial charge in [0.25, 0.3) is 0 Å². The number of rotatable bonds is 4. The molecule has 0 bridgehead atoms. The molecule has 2 rings (SSSR count). The molecule has 1 N–H and O–H groups in total. The van der Waals surface area contributed by atoms with Crippen LogP contribution in [0.1, 0.15) is 17.2 Å². The minimum atomic E-state index is -4.38. The van der Waals surface area contributed by atoms with Crippen LogP contribution in [0.3, 0.4) is 0 Å². The van der Waals surface area contributed by atoms with Gasteiger partial charge in [0.2, 0.25) is 0 Å². The number of hydrogen-bond donors (Lipinski definition) is 1. The smallest absolute Gasteiger partial charge is 0.416 e. The second-order valence-electron chi connectivity index (χ2n) is 4.14. The van der Waals surface area contributed by atoms with Gasteiger partial charge in [-0.15, -0.1) is 0 Å². The summed E-state index contributed by atoms with van der Waals surface area (Å²) in [7, 11) is 0. The molecule has 3 nitrogen and oxygen atoms in total. The van der Waals surface area contributed by atoms with Gasteiger partial charge in [-0.2, -0.15) is 13.2 Å². The topological polar surface area (TPSA) is 42.4 Å². The first kappa shape index (κ1) is 14.3. The van der Waals surface area contributed by atoms with Crippen molar-refractivity contribution >= 4 is 0 Å². The molecule has 0 aliphatic heterocycles. The fraction of sp³-hybridized carbons (Fsp3) is 0.214. The average Bonchev–Trinajstić information content (AvgIpc) is 2.45. The van der Waals surface area contributed by atoms with Gasteiger partial charge < -0.3 is 9.84 Å². The molecular weight excluding hydrogens is 271 g/mol. The lowest BCUT2D eigenvalue weighted by molar-refractivity contribution is -0.137. The largest absolute Gasteiger partial charge is 0.489 e. The Morgan fingerprint density at radius 3 is 2.40 bits per heavy atom. The van der Waals surface area contributed by atoms with Crippen molar-refractivity contribution in [2.24, 2.45) is 0 Å². The molecule has 2 aromatic rings. The summed E-state index contributed by atoms with van der Waals surface area (Å²) < 4.78 is 42.5. The Morgan fingerprint density at radius 1 is 1.15 bits per heavy atom. The van der Waals surface area contributed by atoms with Crippen molar-refractivity contribution in [1.82, 2.24) is 4.98 Å². The highest BCUT2D eigenvalue weighted by molar-refractivity contribution is 5.26. The molecule has 106 valence electrons. The van der Waals surface area contributed by atoms with Crippen LogP contribution >= 0.6 is 0 Å². The summed E-state index contributed by atoms with van der Waals surface area (Å²) in [6, 6.07) is 7.69. The van der Waals surface area contributed by atoms with Crippen LogP contribution < -0.4 is 4.74 Å². The summed E-state index contributed by atoms with van der Waals surface area (Å²) in [6.45, 7) is -0.0585. The van der Waals surface area contributed by atoms with E-state index in [-0.39, 0.29) is 6.61 Å². The van der Waals surface area contributed by atoms with Crippen molar-refractivity contribution in [1.29, 1.82) is 0 Å². The molecule has 1 heterocycles. The SMILES string of the molecule is OC(COc1cccnc1)c1ccc(C(F)(F)F)cc1. The standard InChI is InChI=1S/C14H12F3NO2/c15-14(16,17)11-5-3-10(4-6-11)13(19)9-20-12-2-1-7-18-8-12/h1-8,13,19H,9H2. The number of ether oxygens (including phenoxy) is 1. The highest BCUT2D eigenvalue weighted by atomic mass is 19.4. The van der Waals surface area contributed by atoms with Gasteiger partial charge in [0, 0.05) is 6.20 Å². The Kier molecular flexibility index (Phi) is 4.24. The molecule has 6 heteroatoms. The Labute approximate surface area is 113 Å². The van der Waals surface area contributed by atoms with E-state index in [0.29, 0.717) is 11.3 Å². The van der Waals surface area contributed by atoms with Gasteiger partial charge in [0.15, 0.2) is 0 Å². The number of benzene rings is 1. The molecule has 20 heavy (non-hydrogen) atoms. The quantitative estimate of drug-likeness (QED) is 0.936. The zero-order valence-electron chi connectivity index (χ0n) is 10.3. The average molecular weight is 283 g/mol. The van der Waals surface area contributed by atoms with E-state index in [1.807, 2.05) is 0 Å². The van der Waals surface area contributed by atoms with Crippen LogP contribution in [0, 0.1) is 0 Å². The second kappa shape index (κ2) is 5.92. The molecule has 1 aromatic carbocycles. The van der Waals surface area contributed by atoms with Crippen molar-refractivity contribution in [2.75, 3.05) is 6.61 Å². The van der Waals surface area contributed by atoms with Crippen LogP contribution in [0.5, 0.6) is 5.75 Å². The number of pyridine rings is 1. The van der Waals surface area contributed by atoms with Crippen molar-refractivity contribution < 1.29 is 23.0 Å². The van der Waals surface area contributed by atoms with Crippen molar-refractivity contribution in [3.8, 4) is 5.75 Å². The lowest BCUT2D eigenvalue weighted by Gasteiger charge is -2.13. The van der Waals surface area contributed by atoms with Gasteiger partial charge in [-0.3, -0.25) is 4.98 Å². The summed E-state index contributed by atoms with van der Waals surface area (Å²) in [4.78, 5) is 3.84. The van der Waals surface area contributed by atoms with E-state index in [2.05, 4.69) is 4.98 Å². The van der Waals surface area contributed by atoms with Gasteiger partial charge in [-0.1, -0.05) is 12.1 Å². The third kappa shape index (κ3) is 3.71. The van der Waals surface area contributed by atoms with E-state index >= 15 is 0 Å².